The number of hydrogen-bond acceptors (Lipinski definition) is 2. The van der Waals surface area contributed by atoms with Crippen molar-refractivity contribution in [2.24, 2.45) is 17.6 Å². The molecule has 1 rings (SSSR count). The van der Waals surface area contributed by atoms with E-state index >= 15 is 0 Å². The van der Waals surface area contributed by atoms with Crippen molar-refractivity contribution in [2.45, 2.75) is 58.5 Å². The number of rotatable bonds is 5. The number of likely N-dealkylation sites (N-methyl/N-ethyl adjacent to an activating group) is 1. The lowest BCUT2D eigenvalue weighted by molar-refractivity contribution is -0.137. The SMILES string of the molecule is CC(C)CC(C)N(C)C(=O)C(C)(N)C1CC1. The first-order chi connectivity index (χ1) is 7.26. The van der Waals surface area contributed by atoms with Crippen LogP contribution in [0.2, 0.25) is 0 Å². The zero-order chi connectivity index (χ0) is 12.5. The molecule has 2 N–H and O–H groups in total. The summed E-state index contributed by atoms with van der Waals surface area (Å²) < 4.78 is 0. The first kappa shape index (κ1) is 13.5. The minimum Gasteiger partial charge on any atom is -0.341 e. The van der Waals surface area contributed by atoms with Crippen LogP contribution in [0.3, 0.4) is 0 Å². The zero-order valence-electron chi connectivity index (χ0n) is 11.3. The second kappa shape index (κ2) is 4.74. The molecular formula is C13H26N2O. The highest BCUT2D eigenvalue weighted by molar-refractivity contribution is 5.86. The van der Waals surface area contributed by atoms with Gasteiger partial charge in [-0.25, -0.2) is 0 Å². The summed E-state index contributed by atoms with van der Waals surface area (Å²) in [6, 6.07) is 0.272. The van der Waals surface area contributed by atoms with Crippen LogP contribution in [0.4, 0.5) is 0 Å². The number of carbonyl (C=O) groups excluding carboxylic acids is 1. The van der Waals surface area contributed by atoms with Crippen LogP contribution in [0.15, 0.2) is 0 Å². The topological polar surface area (TPSA) is 46.3 Å². The molecule has 0 aliphatic heterocycles. The van der Waals surface area contributed by atoms with E-state index in [0.29, 0.717) is 11.8 Å². The average Bonchev–Trinajstić information content (AvgIpc) is 2.97. The molecule has 16 heavy (non-hydrogen) atoms. The number of amides is 1. The van der Waals surface area contributed by atoms with Crippen LogP contribution < -0.4 is 5.73 Å². The van der Waals surface area contributed by atoms with Gasteiger partial charge in [-0.3, -0.25) is 4.79 Å². The fraction of sp³-hybridized carbons (Fsp3) is 0.923. The third-order valence-electron chi connectivity index (χ3n) is 3.68. The molecule has 1 fully saturated rings. The van der Waals surface area contributed by atoms with Crippen molar-refractivity contribution in [1.82, 2.24) is 4.90 Å². The van der Waals surface area contributed by atoms with E-state index in [1.165, 1.54) is 0 Å². The van der Waals surface area contributed by atoms with Crippen molar-refractivity contribution in [3.8, 4) is 0 Å². The van der Waals surface area contributed by atoms with Crippen molar-refractivity contribution in [3.63, 3.8) is 0 Å². The van der Waals surface area contributed by atoms with Gasteiger partial charge < -0.3 is 10.6 Å². The molecule has 0 aromatic carbocycles. The first-order valence-corrected chi connectivity index (χ1v) is 6.33. The molecule has 1 saturated carbocycles. The minimum atomic E-state index is -0.653. The Kier molecular flexibility index (Phi) is 4.00. The van der Waals surface area contributed by atoms with Crippen LogP contribution in [-0.4, -0.2) is 29.4 Å². The Labute approximate surface area is 99.4 Å². The largest absolute Gasteiger partial charge is 0.341 e. The summed E-state index contributed by atoms with van der Waals surface area (Å²) >= 11 is 0. The molecule has 2 unspecified atom stereocenters. The summed E-state index contributed by atoms with van der Waals surface area (Å²) in [6.07, 6.45) is 3.24. The summed E-state index contributed by atoms with van der Waals surface area (Å²) in [6.45, 7) is 8.33. The average molecular weight is 226 g/mol. The standard InChI is InChI=1S/C13H26N2O/c1-9(2)8-10(3)15(5)12(16)13(4,14)11-6-7-11/h9-11H,6-8,14H2,1-5H3. The van der Waals surface area contributed by atoms with E-state index in [1.807, 2.05) is 18.9 Å². The number of carbonyl (C=O) groups is 1. The fourth-order valence-electron chi connectivity index (χ4n) is 2.28. The minimum absolute atomic E-state index is 0.100. The Morgan fingerprint density at radius 3 is 2.31 bits per heavy atom. The summed E-state index contributed by atoms with van der Waals surface area (Å²) in [7, 11) is 1.88. The first-order valence-electron chi connectivity index (χ1n) is 6.33. The Bertz CT molecular complexity index is 257. The van der Waals surface area contributed by atoms with E-state index in [4.69, 9.17) is 5.73 Å². The molecule has 0 spiro atoms. The predicted molar refractivity (Wildman–Crippen MR) is 67.0 cm³/mol. The lowest BCUT2D eigenvalue weighted by Gasteiger charge is -2.34. The molecule has 1 amide bonds. The molecule has 1 aliphatic carbocycles. The van der Waals surface area contributed by atoms with Crippen LogP contribution in [0, 0.1) is 11.8 Å². The van der Waals surface area contributed by atoms with Crippen LogP contribution in [0.25, 0.3) is 0 Å². The third-order valence-corrected chi connectivity index (χ3v) is 3.68. The summed E-state index contributed by atoms with van der Waals surface area (Å²) in [5, 5.41) is 0. The highest BCUT2D eigenvalue weighted by atomic mass is 16.2. The lowest BCUT2D eigenvalue weighted by atomic mass is 9.94. The van der Waals surface area contributed by atoms with Crippen molar-refractivity contribution in [2.75, 3.05) is 7.05 Å². The summed E-state index contributed by atoms with van der Waals surface area (Å²) in [5.74, 6) is 1.10. The van der Waals surface area contributed by atoms with Gasteiger partial charge in [-0.1, -0.05) is 13.8 Å². The van der Waals surface area contributed by atoms with Gasteiger partial charge in [-0.15, -0.1) is 0 Å². The maximum absolute atomic E-state index is 12.3. The Balaban J connectivity index is 2.58. The van der Waals surface area contributed by atoms with E-state index in [-0.39, 0.29) is 11.9 Å². The molecule has 0 heterocycles. The van der Waals surface area contributed by atoms with Crippen LogP contribution in [0.1, 0.15) is 47.0 Å². The van der Waals surface area contributed by atoms with E-state index < -0.39 is 5.54 Å². The fourth-order valence-corrected chi connectivity index (χ4v) is 2.28. The number of hydrogen-bond donors (Lipinski definition) is 1. The van der Waals surface area contributed by atoms with Gasteiger partial charge >= 0.3 is 0 Å². The predicted octanol–water partition coefficient (Wildman–Crippen LogP) is 2.01. The van der Waals surface area contributed by atoms with E-state index in [9.17, 15) is 4.79 Å². The third kappa shape index (κ3) is 2.97. The molecule has 0 saturated heterocycles. The highest BCUT2D eigenvalue weighted by Crippen LogP contribution is 2.39. The monoisotopic (exact) mass is 226 g/mol. The van der Waals surface area contributed by atoms with Crippen molar-refractivity contribution in [1.29, 1.82) is 0 Å². The van der Waals surface area contributed by atoms with Gasteiger partial charge in [-0.2, -0.15) is 0 Å². The Hall–Kier alpha value is -0.570. The summed E-state index contributed by atoms with van der Waals surface area (Å²) in [5.41, 5.74) is 5.49. The molecule has 0 radical (unpaired) electrons. The van der Waals surface area contributed by atoms with Gasteiger partial charge in [-0.05, 0) is 44.9 Å². The normalized spacial score (nSPS) is 21.7. The molecule has 0 aromatic heterocycles. The quantitative estimate of drug-likeness (QED) is 0.779. The molecule has 2 atom stereocenters. The van der Waals surface area contributed by atoms with Gasteiger partial charge in [0.1, 0.15) is 0 Å². The number of nitrogens with zero attached hydrogens (tertiary/aromatic N) is 1. The zero-order valence-corrected chi connectivity index (χ0v) is 11.3. The van der Waals surface area contributed by atoms with Gasteiger partial charge in [0.2, 0.25) is 5.91 Å². The second-order valence-corrected chi connectivity index (χ2v) is 5.95. The molecule has 94 valence electrons. The van der Waals surface area contributed by atoms with E-state index in [1.54, 1.807) is 0 Å². The summed E-state index contributed by atoms with van der Waals surface area (Å²) in [4.78, 5) is 14.1. The van der Waals surface area contributed by atoms with Gasteiger partial charge in [0.05, 0.1) is 5.54 Å². The van der Waals surface area contributed by atoms with Crippen molar-refractivity contribution < 1.29 is 4.79 Å². The molecule has 1 aliphatic rings. The molecule has 3 nitrogen and oxygen atoms in total. The Morgan fingerprint density at radius 2 is 1.94 bits per heavy atom. The molecule has 0 aromatic rings. The van der Waals surface area contributed by atoms with Crippen LogP contribution >= 0.6 is 0 Å². The van der Waals surface area contributed by atoms with Crippen molar-refractivity contribution >= 4 is 5.91 Å². The lowest BCUT2D eigenvalue weighted by Crippen LogP contribution is -2.55. The van der Waals surface area contributed by atoms with Crippen LogP contribution in [0.5, 0.6) is 0 Å². The van der Waals surface area contributed by atoms with Crippen LogP contribution in [-0.2, 0) is 4.79 Å². The maximum Gasteiger partial charge on any atom is 0.242 e. The van der Waals surface area contributed by atoms with E-state index in [0.717, 1.165) is 19.3 Å². The maximum atomic E-state index is 12.3. The van der Waals surface area contributed by atoms with Gasteiger partial charge in [0.25, 0.3) is 0 Å². The Morgan fingerprint density at radius 1 is 1.44 bits per heavy atom. The smallest absolute Gasteiger partial charge is 0.242 e. The second-order valence-electron chi connectivity index (χ2n) is 5.95. The van der Waals surface area contributed by atoms with Gasteiger partial charge in [0, 0.05) is 13.1 Å². The molecule has 0 bridgehead atoms. The molecular weight excluding hydrogens is 200 g/mol. The van der Waals surface area contributed by atoms with Crippen molar-refractivity contribution in [3.05, 3.63) is 0 Å². The van der Waals surface area contributed by atoms with E-state index in [2.05, 4.69) is 20.8 Å². The van der Waals surface area contributed by atoms with Gasteiger partial charge in [0.15, 0.2) is 0 Å². The molecule has 3 heteroatoms. The number of nitrogens with two attached hydrogens (primary N) is 1. The highest BCUT2D eigenvalue weighted by Gasteiger charge is 2.45.